The van der Waals surface area contributed by atoms with Crippen LogP contribution in [-0.4, -0.2) is 23.2 Å². The van der Waals surface area contributed by atoms with E-state index in [2.05, 4.69) is 0 Å². The van der Waals surface area contributed by atoms with Gasteiger partial charge in [0.25, 0.3) is 0 Å². The number of phenolic OH excluding ortho intramolecular Hbond substituents is 1. The molecule has 2 rings (SSSR count). The van der Waals surface area contributed by atoms with Gasteiger partial charge >= 0.3 is 5.97 Å². The lowest BCUT2D eigenvalue weighted by Crippen LogP contribution is -2.36. The second-order valence-corrected chi connectivity index (χ2v) is 6.40. The van der Waals surface area contributed by atoms with Gasteiger partial charge in [0.1, 0.15) is 11.4 Å². The minimum Gasteiger partial charge on any atom is -0.508 e. The summed E-state index contributed by atoms with van der Waals surface area (Å²) in [6.45, 7) is 5.97. The molecule has 4 heteroatoms. The molecule has 0 aromatic heterocycles. The van der Waals surface area contributed by atoms with Crippen molar-refractivity contribution in [3.8, 4) is 5.75 Å². The van der Waals surface area contributed by atoms with Crippen LogP contribution in [0.25, 0.3) is 0 Å². The number of aromatic hydroxyl groups is 1. The van der Waals surface area contributed by atoms with E-state index in [1.165, 1.54) is 0 Å². The predicted octanol–water partition coefficient (Wildman–Crippen LogP) is 2.34. The SMILES string of the molecule is CC(C)(C)OC(=O)[C@@H]1CCc2ccc(O)cc2C1CN. The summed E-state index contributed by atoms with van der Waals surface area (Å²) in [4.78, 5) is 12.3. The molecule has 1 aliphatic rings. The van der Waals surface area contributed by atoms with E-state index in [0.717, 1.165) is 24.0 Å². The average Bonchev–Trinajstić information content (AvgIpc) is 2.35. The largest absolute Gasteiger partial charge is 0.508 e. The first-order chi connectivity index (χ1) is 9.31. The Kier molecular flexibility index (Phi) is 4.04. The van der Waals surface area contributed by atoms with Gasteiger partial charge in [-0.25, -0.2) is 0 Å². The van der Waals surface area contributed by atoms with Crippen LogP contribution in [-0.2, 0) is 16.0 Å². The minimum absolute atomic E-state index is 0.0827. The predicted molar refractivity (Wildman–Crippen MR) is 77.6 cm³/mol. The summed E-state index contributed by atoms with van der Waals surface area (Å²) in [5.74, 6) is -0.289. The first-order valence-corrected chi connectivity index (χ1v) is 7.06. The Labute approximate surface area is 119 Å². The molecule has 0 radical (unpaired) electrons. The highest BCUT2D eigenvalue weighted by Gasteiger charge is 2.36. The molecule has 0 amide bonds. The summed E-state index contributed by atoms with van der Waals surface area (Å²) in [6, 6.07) is 5.32. The van der Waals surface area contributed by atoms with Crippen molar-refractivity contribution in [2.75, 3.05) is 6.54 Å². The fraction of sp³-hybridized carbons (Fsp3) is 0.562. The first-order valence-electron chi connectivity index (χ1n) is 7.06. The second kappa shape index (κ2) is 5.44. The third-order valence-electron chi connectivity index (χ3n) is 3.70. The van der Waals surface area contributed by atoms with E-state index >= 15 is 0 Å². The molecule has 0 fully saturated rings. The quantitative estimate of drug-likeness (QED) is 0.814. The molecule has 3 N–H and O–H groups in total. The highest BCUT2D eigenvalue weighted by molar-refractivity contribution is 5.75. The Morgan fingerprint density at radius 2 is 2.15 bits per heavy atom. The Morgan fingerprint density at radius 1 is 1.45 bits per heavy atom. The fourth-order valence-corrected chi connectivity index (χ4v) is 2.83. The van der Waals surface area contributed by atoms with Gasteiger partial charge in [-0.3, -0.25) is 4.79 Å². The molecule has 0 aliphatic heterocycles. The highest BCUT2D eigenvalue weighted by Crippen LogP contribution is 2.38. The number of fused-ring (bicyclic) bond motifs is 1. The van der Waals surface area contributed by atoms with Crippen molar-refractivity contribution in [3.63, 3.8) is 0 Å². The van der Waals surface area contributed by atoms with E-state index in [-0.39, 0.29) is 23.6 Å². The lowest BCUT2D eigenvalue weighted by atomic mass is 9.75. The Morgan fingerprint density at radius 3 is 2.75 bits per heavy atom. The molecule has 1 aromatic carbocycles. The van der Waals surface area contributed by atoms with E-state index in [9.17, 15) is 9.90 Å². The van der Waals surface area contributed by atoms with Gasteiger partial charge in [0.15, 0.2) is 0 Å². The van der Waals surface area contributed by atoms with Gasteiger partial charge in [0, 0.05) is 12.5 Å². The number of nitrogens with two attached hydrogens (primary N) is 1. The molecular formula is C16H23NO3. The standard InChI is InChI=1S/C16H23NO3/c1-16(2,3)20-15(19)12-7-5-10-4-6-11(18)8-13(10)14(12)9-17/h4,6,8,12,14,18H,5,7,9,17H2,1-3H3/t12-,14?/m1/s1. The fourth-order valence-electron chi connectivity index (χ4n) is 2.83. The van der Waals surface area contributed by atoms with Gasteiger partial charge in [-0.1, -0.05) is 6.07 Å². The van der Waals surface area contributed by atoms with Crippen molar-refractivity contribution in [3.05, 3.63) is 29.3 Å². The number of rotatable bonds is 2. The molecule has 0 spiro atoms. The van der Waals surface area contributed by atoms with Crippen molar-refractivity contribution < 1.29 is 14.6 Å². The van der Waals surface area contributed by atoms with Crippen LogP contribution in [0, 0.1) is 5.92 Å². The summed E-state index contributed by atoms with van der Waals surface area (Å²) >= 11 is 0. The molecule has 1 aliphatic carbocycles. The number of benzene rings is 1. The zero-order chi connectivity index (χ0) is 14.9. The first kappa shape index (κ1) is 14.9. The lowest BCUT2D eigenvalue weighted by molar-refractivity contribution is -0.161. The van der Waals surface area contributed by atoms with Crippen LogP contribution in [0.2, 0.25) is 0 Å². The van der Waals surface area contributed by atoms with E-state index in [0.29, 0.717) is 6.54 Å². The van der Waals surface area contributed by atoms with Crippen molar-refractivity contribution in [1.82, 2.24) is 0 Å². The van der Waals surface area contributed by atoms with Crippen LogP contribution >= 0.6 is 0 Å². The lowest BCUT2D eigenvalue weighted by Gasteiger charge is -2.33. The van der Waals surface area contributed by atoms with E-state index in [4.69, 9.17) is 10.5 Å². The molecule has 1 aromatic rings. The molecule has 0 saturated heterocycles. The number of hydrogen-bond acceptors (Lipinski definition) is 4. The maximum atomic E-state index is 12.3. The molecule has 0 heterocycles. The third-order valence-corrected chi connectivity index (χ3v) is 3.70. The Bertz CT molecular complexity index is 505. The molecule has 0 bridgehead atoms. The second-order valence-electron chi connectivity index (χ2n) is 6.40. The van der Waals surface area contributed by atoms with Crippen LogP contribution in [0.1, 0.15) is 44.2 Å². The van der Waals surface area contributed by atoms with Crippen LogP contribution < -0.4 is 5.73 Å². The molecule has 2 atom stereocenters. The topological polar surface area (TPSA) is 72.5 Å². The number of hydrogen-bond donors (Lipinski definition) is 2. The highest BCUT2D eigenvalue weighted by atomic mass is 16.6. The molecule has 4 nitrogen and oxygen atoms in total. The van der Waals surface area contributed by atoms with Gasteiger partial charge in [-0.2, -0.15) is 0 Å². The normalized spacial score (nSPS) is 22.2. The van der Waals surface area contributed by atoms with E-state index in [1.54, 1.807) is 12.1 Å². The molecule has 110 valence electrons. The maximum absolute atomic E-state index is 12.3. The summed E-state index contributed by atoms with van der Waals surface area (Å²) in [5, 5.41) is 9.66. The summed E-state index contributed by atoms with van der Waals surface area (Å²) < 4.78 is 5.50. The minimum atomic E-state index is -0.491. The van der Waals surface area contributed by atoms with Crippen LogP contribution in [0.5, 0.6) is 5.75 Å². The number of phenols is 1. The Hall–Kier alpha value is -1.55. The zero-order valence-corrected chi connectivity index (χ0v) is 12.3. The van der Waals surface area contributed by atoms with Gasteiger partial charge < -0.3 is 15.6 Å². The smallest absolute Gasteiger partial charge is 0.310 e. The van der Waals surface area contributed by atoms with Crippen LogP contribution in [0.15, 0.2) is 18.2 Å². The zero-order valence-electron chi connectivity index (χ0n) is 12.3. The molecule has 1 unspecified atom stereocenters. The van der Waals surface area contributed by atoms with Gasteiger partial charge in [0.05, 0.1) is 5.92 Å². The number of ether oxygens (including phenoxy) is 1. The van der Waals surface area contributed by atoms with Gasteiger partial charge in [0.2, 0.25) is 0 Å². The van der Waals surface area contributed by atoms with Crippen molar-refractivity contribution >= 4 is 5.97 Å². The van der Waals surface area contributed by atoms with Crippen molar-refractivity contribution in [1.29, 1.82) is 0 Å². The summed E-state index contributed by atoms with van der Waals surface area (Å²) in [7, 11) is 0. The Balaban J connectivity index is 2.27. The molecular weight excluding hydrogens is 254 g/mol. The number of esters is 1. The van der Waals surface area contributed by atoms with E-state index in [1.807, 2.05) is 26.8 Å². The summed E-state index contributed by atoms with van der Waals surface area (Å²) in [6.07, 6.45) is 1.56. The third kappa shape index (κ3) is 3.12. The van der Waals surface area contributed by atoms with Gasteiger partial charge in [-0.05, 0) is 56.9 Å². The van der Waals surface area contributed by atoms with Crippen molar-refractivity contribution in [2.24, 2.45) is 11.7 Å². The average molecular weight is 277 g/mol. The summed E-state index contributed by atoms with van der Waals surface area (Å²) in [5.41, 5.74) is 7.53. The molecule has 20 heavy (non-hydrogen) atoms. The van der Waals surface area contributed by atoms with Gasteiger partial charge in [-0.15, -0.1) is 0 Å². The van der Waals surface area contributed by atoms with E-state index < -0.39 is 5.60 Å². The monoisotopic (exact) mass is 277 g/mol. The number of carbonyl (C=O) groups is 1. The number of carbonyl (C=O) groups excluding carboxylic acids is 1. The van der Waals surface area contributed by atoms with Crippen LogP contribution in [0.4, 0.5) is 0 Å². The van der Waals surface area contributed by atoms with Crippen molar-refractivity contribution in [2.45, 2.75) is 45.1 Å². The number of aryl methyl sites for hydroxylation is 1. The maximum Gasteiger partial charge on any atom is 0.310 e. The molecule has 0 saturated carbocycles. The van der Waals surface area contributed by atoms with Crippen LogP contribution in [0.3, 0.4) is 0 Å².